The molecule has 0 unspecified atom stereocenters. The highest BCUT2D eigenvalue weighted by molar-refractivity contribution is 6.31. The first-order chi connectivity index (χ1) is 11.3. The Morgan fingerprint density at radius 2 is 1.83 bits per heavy atom. The summed E-state index contributed by atoms with van der Waals surface area (Å²) in [6.45, 7) is 7.00. The number of ether oxygens (including phenoxy) is 2. The molecule has 4 nitrogen and oxygen atoms in total. The summed E-state index contributed by atoms with van der Waals surface area (Å²) in [5.74, 6) is 1.49. The van der Waals surface area contributed by atoms with E-state index in [-0.39, 0.29) is 12.2 Å². The number of rotatable bonds is 3. The molecular weight excluding hydrogens is 326 g/mol. The van der Waals surface area contributed by atoms with Crippen molar-refractivity contribution < 1.29 is 14.3 Å². The van der Waals surface area contributed by atoms with Crippen molar-refractivity contribution >= 4 is 17.7 Å². The molecule has 0 aromatic heterocycles. The van der Waals surface area contributed by atoms with Gasteiger partial charge in [-0.25, -0.2) is 4.79 Å². The van der Waals surface area contributed by atoms with Gasteiger partial charge in [-0.3, -0.25) is 0 Å². The molecule has 1 saturated carbocycles. The van der Waals surface area contributed by atoms with Crippen LogP contribution in [0.1, 0.15) is 57.9 Å². The third kappa shape index (κ3) is 4.56. The van der Waals surface area contributed by atoms with Gasteiger partial charge in [0.15, 0.2) is 0 Å². The molecule has 1 aliphatic heterocycles. The fourth-order valence-corrected chi connectivity index (χ4v) is 3.25. The summed E-state index contributed by atoms with van der Waals surface area (Å²) in [4.78, 5) is 13.9. The summed E-state index contributed by atoms with van der Waals surface area (Å²) < 4.78 is 11.5. The van der Waals surface area contributed by atoms with E-state index >= 15 is 0 Å². The molecule has 24 heavy (non-hydrogen) atoms. The summed E-state index contributed by atoms with van der Waals surface area (Å²) in [6, 6.07) is 5.95. The van der Waals surface area contributed by atoms with Gasteiger partial charge in [0.25, 0.3) is 0 Å². The normalized spacial score (nSPS) is 19.2. The summed E-state index contributed by atoms with van der Waals surface area (Å²) in [6.07, 6.45) is 3.98. The quantitative estimate of drug-likeness (QED) is 0.769. The molecular formula is C19H26ClNO3. The van der Waals surface area contributed by atoms with Crippen LogP contribution in [0.3, 0.4) is 0 Å². The predicted octanol–water partition coefficient (Wildman–Crippen LogP) is 5.00. The van der Waals surface area contributed by atoms with E-state index in [2.05, 4.69) is 6.07 Å². The first-order valence-corrected chi connectivity index (χ1v) is 9.13. The molecule has 3 rings (SSSR count). The highest BCUT2D eigenvalue weighted by atomic mass is 35.5. The molecule has 0 bridgehead atoms. The van der Waals surface area contributed by atoms with Gasteiger partial charge in [-0.15, -0.1) is 0 Å². The van der Waals surface area contributed by atoms with Crippen LogP contribution in [0, 0.1) is 0 Å². The van der Waals surface area contributed by atoms with Crippen molar-refractivity contribution in [2.75, 3.05) is 13.1 Å². The lowest BCUT2D eigenvalue weighted by atomic mass is 10.1. The Hall–Kier alpha value is -1.42. The minimum Gasteiger partial charge on any atom is -0.490 e. The minimum absolute atomic E-state index is 0.136. The van der Waals surface area contributed by atoms with E-state index in [0.717, 1.165) is 23.6 Å². The number of carbonyl (C=O) groups is 1. The van der Waals surface area contributed by atoms with Crippen LogP contribution >= 0.6 is 11.6 Å². The van der Waals surface area contributed by atoms with Crippen LogP contribution in [0.5, 0.6) is 5.75 Å². The third-order valence-corrected chi connectivity index (χ3v) is 4.73. The monoisotopic (exact) mass is 351 g/mol. The van der Waals surface area contributed by atoms with E-state index in [1.54, 1.807) is 4.90 Å². The second-order valence-electron chi connectivity index (χ2n) is 7.74. The number of hydrogen-bond acceptors (Lipinski definition) is 3. The van der Waals surface area contributed by atoms with Crippen molar-refractivity contribution in [3.8, 4) is 5.75 Å². The molecule has 132 valence electrons. The topological polar surface area (TPSA) is 38.8 Å². The zero-order valence-corrected chi connectivity index (χ0v) is 15.4. The van der Waals surface area contributed by atoms with E-state index in [9.17, 15) is 4.79 Å². The van der Waals surface area contributed by atoms with Crippen LogP contribution in [0.2, 0.25) is 5.02 Å². The Bertz CT molecular complexity index is 599. The van der Waals surface area contributed by atoms with Gasteiger partial charge in [-0.1, -0.05) is 11.6 Å². The summed E-state index contributed by atoms with van der Waals surface area (Å²) in [5, 5.41) is 0.838. The van der Waals surface area contributed by atoms with E-state index < -0.39 is 5.60 Å². The predicted molar refractivity (Wildman–Crippen MR) is 94.9 cm³/mol. The Balaban J connectivity index is 1.52. The maximum absolute atomic E-state index is 12.1. The van der Waals surface area contributed by atoms with Gasteiger partial charge in [0, 0.05) is 31.0 Å². The lowest BCUT2D eigenvalue weighted by Gasteiger charge is -2.33. The van der Waals surface area contributed by atoms with Crippen LogP contribution in [-0.2, 0) is 4.74 Å². The van der Waals surface area contributed by atoms with Crippen LogP contribution in [0.25, 0.3) is 0 Å². The van der Waals surface area contributed by atoms with Crippen LogP contribution in [-0.4, -0.2) is 35.8 Å². The molecule has 1 saturated heterocycles. The van der Waals surface area contributed by atoms with Gasteiger partial charge in [0.2, 0.25) is 0 Å². The zero-order valence-electron chi connectivity index (χ0n) is 14.7. The maximum atomic E-state index is 12.1. The number of halogens is 1. The number of benzene rings is 1. The third-order valence-electron chi connectivity index (χ3n) is 4.38. The molecule has 5 heteroatoms. The van der Waals surface area contributed by atoms with Gasteiger partial charge >= 0.3 is 6.09 Å². The van der Waals surface area contributed by atoms with E-state index in [4.69, 9.17) is 21.1 Å². The molecule has 1 aliphatic carbocycles. The average Bonchev–Trinajstić information content (AvgIpc) is 3.33. The van der Waals surface area contributed by atoms with E-state index in [1.807, 2.05) is 32.9 Å². The largest absolute Gasteiger partial charge is 0.490 e. The molecule has 0 radical (unpaired) electrons. The maximum Gasteiger partial charge on any atom is 0.410 e. The number of amides is 1. The van der Waals surface area contributed by atoms with Crippen molar-refractivity contribution in [3.05, 3.63) is 28.8 Å². The van der Waals surface area contributed by atoms with Gasteiger partial charge in [0.1, 0.15) is 17.5 Å². The Kier molecular flexibility index (Phi) is 4.95. The van der Waals surface area contributed by atoms with Crippen molar-refractivity contribution in [2.45, 2.75) is 64.1 Å². The van der Waals surface area contributed by atoms with Crippen molar-refractivity contribution in [1.82, 2.24) is 4.90 Å². The molecule has 1 aromatic rings. The molecule has 2 aliphatic rings. The Morgan fingerprint density at radius 1 is 1.17 bits per heavy atom. The average molecular weight is 352 g/mol. The van der Waals surface area contributed by atoms with Gasteiger partial charge in [0.05, 0.1) is 0 Å². The summed E-state index contributed by atoms with van der Waals surface area (Å²) >= 11 is 6.27. The molecule has 0 spiro atoms. The van der Waals surface area contributed by atoms with Gasteiger partial charge in [-0.05, 0) is 63.3 Å². The molecule has 0 atom stereocenters. The lowest BCUT2D eigenvalue weighted by Crippen LogP contribution is -2.44. The van der Waals surface area contributed by atoms with E-state index in [0.29, 0.717) is 19.0 Å². The zero-order chi connectivity index (χ0) is 17.3. The van der Waals surface area contributed by atoms with Crippen molar-refractivity contribution in [3.63, 3.8) is 0 Å². The SMILES string of the molecule is CC(C)(C)OC(=O)N1CCC(Oc2ccc(Cl)c(C3CC3)c2)CC1. The summed E-state index contributed by atoms with van der Waals surface area (Å²) in [7, 11) is 0. The first-order valence-electron chi connectivity index (χ1n) is 8.76. The molecule has 1 aromatic carbocycles. The number of nitrogens with zero attached hydrogens (tertiary/aromatic N) is 1. The standard InChI is InChI=1S/C19H26ClNO3/c1-19(2,3)24-18(22)21-10-8-14(9-11-21)23-15-6-7-17(20)16(12-15)13-4-5-13/h6-7,12-14H,4-5,8-11H2,1-3H3. The first kappa shape index (κ1) is 17.4. The number of piperidine rings is 1. The second-order valence-corrected chi connectivity index (χ2v) is 8.15. The molecule has 1 amide bonds. The highest BCUT2D eigenvalue weighted by Gasteiger charge is 2.29. The van der Waals surface area contributed by atoms with Crippen LogP contribution < -0.4 is 4.74 Å². The number of hydrogen-bond donors (Lipinski definition) is 0. The van der Waals surface area contributed by atoms with Crippen molar-refractivity contribution in [1.29, 1.82) is 0 Å². The Labute approximate surface area is 149 Å². The van der Waals surface area contributed by atoms with Crippen LogP contribution in [0.4, 0.5) is 4.79 Å². The number of carbonyl (C=O) groups excluding carboxylic acids is 1. The molecule has 0 N–H and O–H groups in total. The number of likely N-dealkylation sites (tertiary alicyclic amines) is 1. The van der Waals surface area contributed by atoms with Crippen molar-refractivity contribution in [2.24, 2.45) is 0 Å². The highest BCUT2D eigenvalue weighted by Crippen LogP contribution is 2.44. The van der Waals surface area contributed by atoms with Crippen LogP contribution in [0.15, 0.2) is 18.2 Å². The Morgan fingerprint density at radius 3 is 2.42 bits per heavy atom. The summed E-state index contributed by atoms with van der Waals surface area (Å²) in [5.41, 5.74) is 0.757. The molecule has 1 heterocycles. The van der Waals surface area contributed by atoms with E-state index in [1.165, 1.54) is 18.4 Å². The lowest BCUT2D eigenvalue weighted by molar-refractivity contribution is 0.0126. The van der Waals surface area contributed by atoms with Gasteiger partial charge < -0.3 is 14.4 Å². The fourth-order valence-electron chi connectivity index (χ4n) is 2.98. The fraction of sp³-hybridized carbons (Fsp3) is 0.632. The minimum atomic E-state index is -0.451. The second kappa shape index (κ2) is 6.83. The molecule has 2 fully saturated rings. The van der Waals surface area contributed by atoms with Gasteiger partial charge in [-0.2, -0.15) is 0 Å². The smallest absolute Gasteiger partial charge is 0.410 e.